The normalized spacial score (nSPS) is 12.8. The van der Waals surface area contributed by atoms with E-state index in [2.05, 4.69) is 0 Å². The highest BCUT2D eigenvalue weighted by Gasteiger charge is 2.09. The second-order valence-electron chi connectivity index (χ2n) is 2.89. The number of phenolic OH excluding ortho intramolecular Hbond substituents is 1. The van der Waals surface area contributed by atoms with Gasteiger partial charge in [-0.2, -0.15) is 0 Å². The largest absolute Gasteiger partial charge is 0.508 e. The van der Waals surface area contributed by atoms with Gasteiger partial charge in [-0.15, -0.1) is 0 Å². The number of rotatable bonds is 3. The molecule has 1 aromatic rings. The molecule has 4 nitrogen and oxygen atoms in total. The number of hydrogen-bond donors (Lipinski definition) is 4. The van der Waals surface area contributed by atoms with E-state index >= 15 is 0 Å². The topological polar surface area (TPSA) is 92.5 Å². The maximum Gasteiger partial charge on any atom is 0.120 e. The van der Waals surface area contributed by atoms with Crippen molar-refractivity contribution in [2.24, 2.45) is 11.5 Å². The number of benzene rings is 1. The average Bonchev–Trinajstić information content (AvgIpc) is 2.17. The van der Waals surface area contributed by atoms with Crippen molar-refractivity contribution in [3.8, 4) is 5.75 Å². The third-order valence-electron chi connectivity index (χ3n) is 1.92. The van der Waals surface area contributed by atoms with E-state index in [0.29, 0.717) is 12.1 Å². The molecule has 1 atom stereocenters. The summed E-state index contributed by atoms with van der Waals surface area (Å²) in [5.41, 5.74) is 12.4. The lowest BCUT2D eigenvalue weighted by Gasteiger charge is -2.11. The van der Waals surface area contributed by atoms with Crippen LogP contribution in [0.25, 0.3) is 0 Å². The van der Waals surface area contributed by atoms with E-state index in [4.69, 9.17) is 16.6 Å². The Morgan fingerprint density at radius 2 is 2.08 bits per heavy atom. The van der Waals surface area contributed by atoms with Crippen LogP contribution in [-0.2, 0) is 6.54 Å². The first-order chi connectivity index (χ1) is 6.19. The zero-order chi connectivity index (χ0) is 9.84. The van der Waals surface area contributed by atoms with Crippen LogP contribution in [0.1, 0.15) is 17.2 Å². The van der Waals surface area contributed by atoms with Gasteiger partial charge in [0.2, 0.25) is 0 Å². The molecule has 0 amide bonds. The first kappa shape index (κ1) is 9.98. The van der Waals surface area contributed by atoms with E-state index in [0.717, 1.165) is 5.56 Å². The first-order valence-electron chi connectivity index (χ1n) is 4.07. The SMILES string of the molecule is NCc1ccc(O)c([C@@H](N)CO)c1. The minimum Gasteiger partial charge on any atom is -0.508 e. The van der Waals surface area contributed by atoms with Crippen LogP contribution in [0.4, 0.5) is 0 Å². The van der Waals surface area contributed by atoms with Crippen LogP contribution >= 0.6 is 0 Å². The van der Waals surface area contributed by atoms with Crippen molar-refractivity contribution in [3.05, 3.63) is 29.3 Å². The van der Waals surface area contributed by atoms with E-state index in [1.54, 1.807) is 12.1 Å². The van der Waals surface area contributed by atoms with Gasteiger partial charge >= 0.3 is 0 Å². The van der Waals surface area contributed by atoms with Crippen molar-refractivity contribution in [1.82, 2.24) is 0 Å². The zero-order valence-electron chi connectivity index (χ0n) is 7.27. The van der Waals surface area contributed by atoms with Crippen LogP contribution in [0.15, 0.2) is 18.2 Å². The molecule has 0 saturated heterocycles. The lowest BCUT2D eigenvalue weighted by Crippen LogP contribution is -2.15. The maximum absolute atomic E-state index is 9.40. The Labute approximate surface area is 76.8 Å². The van der Waals surface area contributed by atoms with Crippen molar-refractivity contribution in [2.75, 3.05) is 6.61 Å². The molecule has 1 rings (SSSR count). The quantitative estimate of drug-likeness (QED) is 0.522. The van der Waals surface area contributed by atoms with E-state index in [-0.39, 0.29) is 12.4 Å². The number of hydrogen-bond acceptors (Lipinski definition) is 4. The van der Waals surface area contributed by atoms with Gasteiger partial charge in [-0.25, -0.2) is 0 Å². The van der Waals surface area contributed by atoms with Gasteiger partial charge in [0.05, 0.1) is 12.6 Å². The Balaban J connectivity index is 3.03. The molecule has 0 aromatic heterocycles. The first-order valence-corrected chi connectivity index (χ1v) is 4.07. The summed E-state index contributed by atoms with van der Waals surface area (Å²) in [4.78, 5) is 0. The van der Waals surface area contributed by atoms with Crippen molar-refractivity contribution < 1.29 is 10.2 Å². The third-order valence-corrected chi connectivity index (χ3v) is 1.92. The van der Waals surface area contributed by atoms with Gasteiger partial charge in [-0.1, -0.05) is 6.07 Å². The zero-order valence-corrected chi connectivity index (χ0v) is 7.27. The Kier molecular flexibility index (Phi) is 3.25. The van der Waals surface area contributed by atoms with Crippen LogP contribution in [-0.4, -0.2) is 16.8 Å². The molecular formula is C9H14N2O2. The summed E-state index contributed by atoms with van der Waals surface area (Å²) in [7, 11) is 0. The smallest absolute Gasteiger partial charge is 0.120 e. The molecule has 13 heavy (non-hydrogen) atoms. The Bertz CT molecular complexity index is 289. The number of aromatic hydroxyl groups is 1. The summed E-state index contributed by atoms with van der Waals surface area (Å²) in [6, 6.07) is 4.41. The summed E-state index contributed by atoms with van der Waals surface area (Å²) in [5, 5.41) is 18.2. The van der Waals surface area contributed by atoms with Crippen LogP contribution in [0.2, 0.25) is 0 Å². The molecule has 0 aliphatic heterocycles. The maximum atomic E-state index is 9.40. The number of nitrogens with two attached hydrogens (primary N) is 2. The van der Waals surface area contributed by atoms with E-state index in [1.807, 2.05) is 0 Å². The summed E-state index contributed by atoms with van der Waals surface area (Å²) >= 11 is 0. The molecular weight excluding hydrogens is 168 g/mol. The summed E-state index contributed by atoms with van der Waals surface area (Å²) in [6.45, 7) is 0.201. The standard InChI is InChI=1S/C9H14N2O2/c10-4-6-1-2-9(13)7(3-6)8(11)5-12/h1-3,8,12-13H,4-5,10-11H2/t8-/m0/s1. The highest BCUT2D eigenvalue weighted by atomic mass is 16.3. The van der Waals surface area contributed by atoms with Crippen LogP contribution in [0, 0.1) is 0 Å². The molecule has 0 bridgehead atoms. The van der Waals surface area contributed by atoms with Gasteiger partial charge in [0.25, 0.3) is 0 Å². The fourth-order valence-corrected chi connectivity index (χ4v) is 1.13. The second kappa shape index (κ2) is 4.23. The van der Waals surface area contributed by atoms with Crippen molar-refractivity contribution >= 4 is 0 Å². The monoisotopic (exact) mass is 182 g/mol. The Hall–Kier alpha value is -1.10. The third kappa shape index (κ3) is 2.18. The van der Waals surface area contributed by atoms with Gasteiger partial charge in [-0.3, -0.25) is 0 Å². The predicted molar refractivity (Wildman–Crippen MR) is 50.0 cm³/mol. The lowest BCUT2D eigenvalue weighted by molar-refractivity contribution is 0.265. The van der Waals surface area contributed by atoms with Gasteiger partial charge in [-0.05, 0) is 17.7 Å². The fraction of sp³-hybridized carbons (Fsp3) is 0.333. The fourth-order valence-electron chi connectivity index (χ4n) is 1.13. The average molecular weight is 182 g/mol. The molecule has 0 spiro atoms. The molecule has 0 heterocycles. The summed E-state index contributed by atoms with van der Waals surface area (Å²) in [5.74, 6) is 0.0961. The van der Waals surface area contributed by atoms with Crippen molar-refractivity contribution in [1.29, 1.82) is 0 Å². The van der Waals surface area contributed by atoms with Crippen molar-refractivity contribution in [3.63, 3.8) is 0 Å². The molecule has 4 heteroatoms. The molecule has 0 unspecified atom stereocenters. The molecule has 0 saturated carbocycles. The lowest BCUT2D eigenvalue weighted by atomic mass is 10.0. The van der Waals surface area contributed by atoms with E-state index < -0.39 is 6.04 Å². The van der Waals surface area contributed by atoms with Crippen LogP contribution in [0.5, 0.6) is 5.75 Å². The molecule has 72 valence electrons. The van der Waals surface area contributed by atoms with Gasteiger partial charge in [0.1, 0.15) is 5.75 Å². The number of phenols is 1. The van der Waals surface area contributed by atoms with Gasteiger partial charge in [0.15, 0.2) is 0 Å². The summed E-state index contributed by atoms with van der Waals surface area (Å²) in [6.07, 6.45) is 0. The molecule has 6 N–H and O–H groups in total. The van der Waals surface area contributed by atoms with Gasteiger partial charge in [0, 0.05) is 12.1 Å². The van der Waals surface area contributed by atoms with E-state index in [9.17, 15) is 5.11 Å². The van der Waals surface area contributed by atoms with Crippen molar-refractivity contribution in [2.45, 2.75) is 12.6 Å². The Morgan fingerprint density at radius 3 is 2.62 bits per heavy atom. The van der Waals surface area contributed by atoms with Crippen LogP contribution in [0.3, 0.4) is 0 Å². The molecule has 0 aliphatic rings. The number of aliphatic hydroxyl groups excluding tert-OH is 1. The minimum absolute atomic E-state index is 0.0961. The Morgan fingerprint density at radius 1 is 1.38 bits per heavy atom. The minimum atomic E-state index is -0.550. The highest BCUT2D eigenvalue weighted by Crippen LogP contribution is 2.23. The molecule has 1 aromatic carbocycles. The molecule has 0 radical (unpaired) electrons. The molecule has 0 fully saturated rings. The summed E-state index contributed by atoms with van der Waals surface area (Å²) < 4.78 is 0. The number of aliphatic hydroxyl groups is 1. The van der Waals surface area contributed by atoms with Gasteiger partial charge < -0.3 is 21.7 Å². The molecule has 0 aliphatic carbocycles. The second-order valence-corrected chi connectivity index (χ2v) is 2.89. The van der Waals surface area contributed by atoms with Crippen LogP contribution < -0.4 is 11.5 Å². The highest BCUT2D eigenvalue weighted by molar-refractivity contribution is 5.38. The predicted octanol–water partition coefficient (Wildman–Crippen LogP) is -0.157. The van der Waals surface area contributed by atoms with E-state index in [1.165, 1.54) is 6.07 Å².